The number of benzene rings is 2. The van der Waals surface area contributed by atoms with Gasteiger partial charge in [0.15, 0.2) is 0 Å². The first-order valence-corrected chi connectivity index (χ1v) is 17.1. The molecular formula is C35H37Cl2N5O4. The Morgan fingerprint density at radius 2 is 1.67 bits per heavy atom. The zero-order valence-corrected chi connectivity index (χ0v) is 27.1. The van der Waals surface area contributed by atoms with Gasteiger partial charge in [-0.1, -0.05) is 46.6 Å². The Labute approximate surface area is 278 Å². The standard InChI is InChI=1S/C35H37Cl2N5O4/c36-30-5-2-6-31(37)32(30)33-29(34(46-40-33)21-7-8-21)20-45-28-16-26-9-10-27(17-28)42(26)35(43)39-24-4-1-3-22(15-24)23-18-38-41(19-23)25-11-13-44-14-12-25/h1-6,15,18-19,21,25-28H,7-14,16-17,20H2,(H,39,43)/t26-,27?,28?/m0/s1. The lowest BCUT2D eigenvalue weighted by molar-refractivity contribution is -0.0158. The van der Waals surface area contributed by atoms with Crippen LogP contribution >= 0.6 is 23.2 Å². The van der Waals surface area contributed by atoms with Crippen molar-refractivity contribution >= 4 is 34.9 Å². The van der Waals surface area contributed by atoms with Crippen LogP contribution in [0.25, 0.3) is 22.4 Å². The number of piperidine rings is 1. The Morgan fingerprint density at radius 3 is 2.41 bits per heavy atom. The average Bonchev–Trinajstić information content (AvgIpc) is 3.51. The zero-order chi connectivity index (χ0) is 31.2. The minimum atomic E-state index is -0.0493. The number of anilines is 1. The largest absolute Gasteiger partial charge is 0.381 e. The number of nitrogens with zero attached hydrogens (tertiary/aromatic N) is 4. The minimum absolute atomic E-state index is 0.0358. The van der Waals surface area contributed by atoms with E-state index >= 15 is 0 Å². The number of carbonyl (C=O) groups excluding carboxylic acids is 1. The molecule has 2 unspecified atom stereocenters. The number of amides is 2. The summed E-state index contributed by atoms with van der Waals surface area (Å²) >= 11 is 13.1. The lowest BCUT2D eigenvalue weighted by Gasteiger charge is -2.38. The topological polar surface area (TPSA) is 94.7 Å². The predicted octanol–water partition coefficient (Wildman–Crippen LogP) is 8.48. The zero-order valence-electron chi connectivity index (χ0n) is 25.5. The van der Waals surface area contributed by atoms with Crippen molar-refractivity contribution in [3.05, 3.63) is 76.2 Å². The summed E-state index contributed by atoms with van der Waals surface area (Å²) in [6.07, 6.45) is 11.7. The van der Waals surface area contributed by atoms with Crippen molar-refractivity contribution in [2.45, 2.75) is 88.1 Å². The number of hydrogen-bond donors (Lipinski definition) is 1. The number of nitrogens with one attached hydrogen (secondary N) is 1. The van der Waals surface area contributed by atoms with Crippen LogP contribution in [0, 0.1) is 0 Å². The molecule has 3 atom stereocenters. The molecule has 240 valence electrons. The third-order valence-corrected chi connectivity index (χ3v) is 10.6. The average molecular weight is 663 g/mol. The fraction of sp³-hybridized carbons (Fsp3) is 0.457. The van der Waals surface area contributed by atoms with Gasteiger partial charge >= 0.3 is 6.03 Å². The Balaban J connectivity index is 0.921. The van der Waals surface area contributed by atoms with Crippen molar-refractivity contribution in [3.63, 3.8) is 0 Å². The molecule has 0 spiro atoms. The lowest BCUT2D eigenvalue weighted by Crippen LogP contribution is -2.50. The third-order valence-electron chi connectivity index (χ3n) is 9.97. The van der Waals surface area contributed by atoms with Gasteiger partial charge in [-0.25, -0.2) is 4.79 Å². The van der Waals surface area contributed by atoms with E-state index in [0.29, 0.717) is 39.9 Å². The molecule has 4 aromatic rings. The highest BCUT2D eigenvalue weighted by Gasteiger charge is 2.44. The van der Waals surface area contributed by atoms with E-state index in [-0.39, 0.29) is 24.2 Å². The highest BCUT2D eigenvalue weighted by atomic mass is 35.5. The predicted molar refractivity (Wildman–Crippen MR) is 176 cm³/mol. The lowest BCUT2D eigenvalue weighted by atomic mass is 9.99. The smallest absolute Gasteiger partial charge is 0.322 e. The molecule has 46 heavy (non-hydrogen) atoms. The van der Waals surface area contributed by atoms with Crippen LogP contribution in [-0.4, -0.2) is 57.3 Å². The number of halogens is 2. The molecule has 3 aliphatic heterocycles. The van der Waals surface area contributed by atoms with Crippen molar-refractivity contribution in [2.75, 3.05) is 18.5 Å². The van der Waals surface area contributed by atoms with Crippen molar-refractivity contribution in [1.29, 1.82) is 0 Å². The van der Waals surface area contributed by atoms with Gasteiger partial charge in [-0.2, -0.15) is 5.10 Å². The SMILES string of the molecule is O=C(Nc1cccc(-c2cnn(C3CCOCC3)c2)c1)N1C2CC[C@H]1CC(OCc1c(-c3c(Cl)cccc3Cl)noc1C1CC1)C2. The summed E-state index contributed by atoms with van der Waals surface area (Å²) in [7, 11) is 0. The maximum Gasteiger partial charge on any atom is 0.322 e. The molecule has 2 bridgehead atoms. The second-order valence-electron chi connectivity index (χ2n) is 13.0. The van der Waals surface area contributed by atoms with Crippen LogP contribution in [0.2, 0.25) is 10.0 Å². The summed E-state index contributed by atoms with van der Waals surface area (Å²) < 4.78 is 20.0. The van der Waals surface area contributed by atoms with E-state index in [1.54, 1.807) is 0 Å². The van der Waals surface area contributed by atoms with Crippen molar-refractivity contribution in [1.82, 2.24) is 19.8 Å². The van der Waals surface area contributed by atoms with Gasteiger partial charge in [-0.3, -0.25) is 4.68 Å². The molecule has 9 nitrogen and oxygen atoms in total. The van der Waals surface area contributed by atoms with Crippen LogP contribution in [0.3, 0.4) is 0 Å². The Hall–Kier alpha value is -3.37. The van der Waals surface area contributed by atoms with Crippen LogP contribution in [0.5, 0.6) is 0 Å². The molecular weight excluding hydrogens is 625 g/mol. The maximum absolute atomic E-state index is 13.6. The van der Waals surface area contributed by atoms with Crippen LogP contribution in [0.15, 0.2) is 59.4 Å². The quantitative estimate of drug-likeness (QED) is 0.203. The maximum atomic E-state index is 13.6. The monoisotopic (exact) mass is 661 g/mol. The summed E-state index contributed by atoms with van der Waals surface area (Å²) in [5.74, 6) is 1.24. The first-order chi connectivity index (χ1) is 22.5. The summed E-state index contributed by atoms with van der Waals surface area (Å²) in [6, 6.07) is 14.1. The van der Waals surface area contributed by atoms with E-state index in [4.69, 9.17) is 37.2 Å². The van der Waals surface area contributed by atoms with Crippen molar-refractivity contribution in [3.8, 4) is 22.4 Å². The second kappa shape index (κ2) is 12.7. The van der Waals surface area contributed by atoms with Gasteiger partial charge in [0.05, 0.1) is 35.0 Å². The fourth-order valence-corrected chi connectivity index (χ4v) is 8.02. The van der Waals surface area contributed by atoms with E-state index in [9.17, 15) is 4.79 Å². The number of fused-ring (bicyclic) bond motifs is 2. The van der Waals surface area contributed by atoms with E-state index in [2.05, 4.69) is 32.5 Å². The molecule has 11 heteroatoms. The highest BCUT2D eigenvalue weighted by Crippen LogP contribution is 2.46. The molecule has 5 heterocycles. The van der Waals surface area contributed by atoms with Gasteiger partial charge in [0.2, 0.25) is 0 Å². The van der Waals surface area contributed by atoms with E-state index < -0.39 is 0 Å². The first kappa shape index (κ1) is 30.0. The van der Waals surface area contributed by atoms with Gasteiger partial charge in [0, 0.05) is 59.8 Å². The molecule has 1 saturated carbocycles. The van der Waals surface area contributed by atoms with Crippen LogP contribution < -0.4 is 5.32 Å². The summed E-state index contributed by atoms with van der Waals surface area (Å²) in [5, 5.41) is 13.3. The molecule has 8 rings (SSSR count). The van der Waals surface area contributed by atoms with E-state index in [1.165, 1.54) is 0 Å². The fourth-order valence-electron chi connectivity index (χ4n) is 7.45. The normalized spacial score (nSPS) is 23.2. The number of rotatable bonds is 8. The number of ether oxygens (including phenoxy) is 2. The summed E-state index contributed by atoms with van der Waals surface area (Å²) in [6.45, 7) is 1.92. The van der Waals surface area contributed by atoms with Crippen LogP contribution in [-0.2, 0) is 16.1 Å². The first-order valence-electron chi connectivity index (χ1n) is 16.4. The summed E-state index contributed by atoms with van der Waals surface area (Å²) in [5.41, 5.74) is 5.13. The molecule has 2 aromatic carbocycles. The number of urea groups is 1. The van der Waals surface area contributed by atoms with Gasteiger partial charge in [-0.15, -0.1) is 0 Å². The van der Waals surface area contributed by atoms with Gasteiger partial charge in [-0.05, 0) is 81.2 Å². The Bertz CT molecular complexity index is 1690. The van der Waals surface area contributed by atoms with Crippen LogP contribution in [0.1, 0.15) is 74.7 Å². The van der Waals surface area contributed by atoms with Gasteiger partial charge in [0.25, 0.3) is 0 Å². The summed E-state index contributed by atoms with van der Waals surface area (Å²) in [4.78, 5) is 15.7. The molecule has 4 fully saturated rings. The molecule has 3 saturated heterocycles. The molecule has 1 N–H and O–H groups in total. The van der Waals surface area contributed by atoms with Crippen LogP contribution in [0.4, 0.5) is 10.5 Å². The number of hydrogen-bond acceptors (Lipinski definition) is 6. The Kier molecular flexibility index (Phi) is 8.27. The van der Waals surface area contributed by atoms with Crippen molar-refractivity contribution < 1.29 is 18.8 Å². The third kappa shape index (κ3) is 5.94. The molecule has 2 aromatic heterocycles. The van der Waals surface area contributed by atoms with Crippen molar-refractivity contribution in [2.24, 2.45) is 0 Å². The minimum Gasteiger partial charge on any atom is -0.381 e. The molecule has 4 aliphatic rings. The Morgan fingerprint density at radius 1 is 0.935 bits per heavy atom. The molecule has 1 aliphatic carbocycles. The molecule has 2 amide bonds. The molecule has 0 radical (unpaired) electrons. The number of aromatic nitrogens is 3. The van der Waals surface area contributed by atoms with Gasteiger partial charge in [0.1, 0.15) is 11.5 Å². The van der Waals surface area contributed by atoms with Gasteiger partial charge < -0.3 is 24.2 Å². The van der Waals surface area contributed by atoms with E-state index in [0.717, 1.165) is 92.7 Å². The number of carbonyl (C=O) groups is 1. The second-order valence-corrected chi connectivity index (χ2v) is 13.8. The highest BCUT2D eigenvalue weighted by molar-refractivity contribution is 6.39. The van der Waals surface area contributed by atoms with E-state index in [1.807, 2.05) is 47.5 Å².